The molecule has 0 spiro atoms. The fourth-order valence-electron chi connectivity index (χ4n) is 2.25. The molecular weight excluding hydrogens is 318 g/mol. The Bertz CT molecular complexity index is 846. The first-order valence-corrected chi connectivity index (χ1v) is 8.11. The molecule has 128 valence electrons. The van der Waals surface area contributed by atoms with Crippen LogP contribution in [0.3, 0.4) is 0 Å². The zero-order chi connectivity index (χ0) is 17.6. The molecule has 1 N–H and O–H groups in total. The number of hydrogen-bond donors (Lipinski definition) is 1. The van der Waals surface area contributed by atoms with Gasteiger partial charge in [0.1, 0.15) is 5.75 Å². The molecule has 3 rings (SSSR count). The number of aromatic nitrogens is 2. The summed E-state index contributed by atoms with van der Waals surface area (Å²) in [5, 5.41) is 6.79. The van der Waals surface area contributed by atoms with Crippen molar-refractivity contribution in [3.8, 4) is 17.1 Å². The Hall–Kier alpha value is -3.15. The van der Waals surface area contributed by atoms with Gasteiger partial charge in [0.05, 0.1) is 0 Å². The van der Waals surface area contributed by atoms with Crippen LogP contribution < -0.4 is 10.1 Å². The Labute approximate surface area is 145 Å². The highest BCUT2D eigenvalue weighted by atomic mass is 16.5. The van der Waals surface area contributed by atoms with Crippen LogP contribution in [0.4, 0.5) is 5.69 Å². The molecule has 0 saturated heterocycles. The molecule has 1 aromatic heterocycles. The van der Waals surface area contributed by atoms with Crippen LogP contribution in [0, 0.1) is 0 Å². The third-order valence-electron chi connectivity index (χ3n) is 3.58. The van der Waals surface area contributed by atoms with Crippen molar-refractivity contribution in [1.29, 1.82) is 0 Å². The molecule has 0 aliphatic heterocycles. The summed E-state index contributed by atoms with van der Waals surface area (Å²) >= 11 is 0. The topological polar surface area (TPSA) is 77.2 Å². The largest absolute Gasteiger partial charge is 0.481 e. The molecule has 0 fully saturated rings. The van der Waals surface area contributed by atoms with Crippen molar-refractivity contribution >= 4 is 11.6 Å². The van der Waals surface area contributed by atoms with E-state index in [0.29, 0.717) is 29.6 Å². The second kappa shape index (κ2) is 7.61. The van der Waals surface area contributed by atoms with Crippen LogP contribution in [-0.2, 0) is 11.2 Å². The number of carbonyl (C=O) groups is 1. The van der Waals surface area contributed by atoms with Gasteiger partial charge in [-0.3, -0.25) is 4.79 Å². The molecule has 1 amide bonds. The lowest BCUT2D eigenvalue weighted by atomic mass is 10.2. The fraction of sp³-hybridized carbons (Fsp3) is 0.211. The van der Waals surface area contributed by atoms with Crippen LogP contribution in [0.25, 0.3) is 11.4 Å². The molecular formula is C19H19N3O3. The molecule has 0 aliphatic rings. The predicted octanol–water partition coefficient (Wildman–Crippen LogP) is 3.71. The van der Waals surface area contributed by atoms with Crippen molar-refractivity contribution in [2.24, 2.45) is 0 Å². The minimum absolute atomic E-state index is 0.233. The minimum atomic E-state index is -0.622. The molecule has 6 heteroatoms. The molecule has 2 aromatic carbocycles. The predicted molar refractivity (Wildman–Crippen MR) is 94.3 cm³/mol. The zero-order valence-corrected chi connectivity index (χ0v) is 14.1. The third kappa shape index (κ3) is 4.23. The highest BCUT2D eigenvalue weighted by Crippen LogP contribution is 2.20. The number of amides is 1. The van der Waals surface area contributed by atoms with Crippen LogP contribution in [0.2, 0.25) is 0 Å². The van der Waals surface area contributed by atoms with E-state index in [-0.39, 0.29) is 5.91 Å². The van der Waals surface area contributed by atoms with Crippen LogP contribution in [0.5, 0.6) is 5.75 Å². The monoisotopic (exact) mass is 337 g/mol. The van der Waals surface area contributed by atoms with Gasteiger partial charge in [0, 0.05) is 17.7 Å². The first kappa shape index (κ1) is 16.7. The Kier molecular flexibility index (Phi) is 5.09. The number of nitrogens with zero attached hydrogens (tertiary/aromatic N) is 2. The first-order chi connectivity index (χ1) is 12.2. The summed E-state index contributed by atoms with van der Waals surface area (Å²) in [7, 11) is 0. The molecule has 0 bridgehead atoms. The molecule has 1 unspecified atom stereocenters. The van der Waals surface area contributed by atoms with E-state index in [1.54, 1.807) is 19.1 Å². The highest BCUT2D eigenvalue weighted by molar-refractivity contribution is 5.94. The van der Waals surface area contributed by atoms with E-state index >= 15 is 0 Å². The molecule has 0 aliphatic carbocycles. The average molecular weight is 337 g/mol. The van der Waals surface area contributed by atoms with E-state index in [4.69, 9.17) is 9.26 Å². The van der Waals surface area contributed by atoms with Crippen molar-refractivity contribution in [1.82, 2.24) is 10.1 Å². The quantitative estimate of drug-likeness (QED) is 0.742. The summed E-state index contributed by atoms with van der Waals surface area (Å²) in [6.45, 7) is 3.65. The van der Waals surface area contributed by atoms with E-state index < -0.39 is 6.10 Å². The van der Waals surface area contributed by atoms with Gasteiger partial charge >= 0.3 is 0 Å². The smallest absolute Gasteiger partial charge is 0.265 e. The van der Waals surface area contributed by atoms with Gasteiger partial charge in [-0.25, -0.2) is 0 Å². The number of benzene rings is 2. The number of hydrogen-bond acceptors (Lipinski definition) is 5. The maximum absolute atomic E-state index is 12.3. The normalized spacial score (nSPS) is 11.8. The van der Waals surface area contributed by atoms with Gasteiger partial charge in [-0.15, -0.1) is 0 Å². The lowest BCUT2D eigenvalue weighted by Crippen LogP contribution is -2.30. The van der Waals surface area contributed by atoms with Crippen molar-refractivity contribution in [3.63, 3.8) is 0 Å². The number of aryl methyl sites for hydroxylation is 1. The van der Waals surface area contributed by atoms with E-state index in [1.165, 1.54) is 0 Å². The SMILES string of the molecule is CCc1nc(-c2cccc(NC(=O)C(C)Oc3ccccc3)c2)no1. The second-order valence-corrected chi connectivity index (χ2v) is 5.51. The van der Waals surface area contributed by atoms with Crippen LogP contribution in [0.15, 0.2) is 59.1 Å². The molecule has 25 heavy (non-hydrogen) atoms. The van der Waals surface area contributed by atoms with E-state index in [9.17, 15) is 4.79 Å². The van der Waals surface area contributed by atoms with E-state index in [1.807, 2.05) is 49.4 Å². The Balaban J connectivity index is 1.68. The van der Waals surface area contributed by atoms with Gasteiger partial charge in [0.2, 0.25) is 11.7 Å². The van der Waals surface area contributed by atoms with Crippen molar-refractivity contribution in [2.45, 2.75) is 26.4 Å². The summed E-state index contributed by atoms with van der Waals surface area (Å²) in [5.41, 5.74) is 1.42. The summed E-state index contributed by atoms with van der Waals surface area (Å²) < 4.78 is 10.8. The lowest BCUT2D eigenvalue weighted by Gasteiger charge is -2.14. The summed E-state index contributed by atoms with van der Waals surface area (Å²) in [4.78, 5) is 16.6. The molecule has 1 atom stereocenters. The highest BCUT2D eigenvalue weighted by Gasteiger charge is 2.15. The number of para-hydroxylation sites is 1. The summed E-state index contributed by atoms with van der Waals surface area (Å²) in [5.74, 6) is 1.50. The number of rotatable bonds is 6. The molecule has 3 aromatic rings. The first-order valence-electron chi connectivity index (χ1n) is 8.11. The van der Waals surface area contributed by atoms with Gasteiger partial charge in [-0.1, -0.05) is 42.4 Å². The number of carbonyl (C=O) groups excluding carboxylic acids is 1. The average Bonchev–Trinajstić information content (AvgIpc) is 3.12. The number of ether oxygens (including phenoxy) is 1. The zero-order valence-electron chi connectivity index (χ0n) is 14.1. The van der Waals surface area contributed by atoms with Gasteiger partial charge in [-0.05, 0) is 31.2 Å². The minimum Gasteiger partial charge on any atom is -0.481 e. The van der Waals surface area contributed by atoms with Crippen LogP contribution >= 0.6 is 0 Å². The Morgan fingerprint density at radius 2 is 2.00 bits per heavy atom. The lowest BCUT2D eigenvalue weighted by molar-refractivity contribution is -0.122. The van der Waals surface area contributed by atoms with Crippen molar-refractivity contribution in [2.75, 3.05) is 5.32 Å². The molecule has 6 nitrogen and oxygen atoms in total. The standard InChI is InChI=1S/C19H19N3O3/c1-3-17-21-18(22-25-17)14-8-7-9-15(12-14)20-19(23)13(2)24-16-10-5-4-6-11-16/h4-13H,3H2,1-2H3,(H,20,23). The molecule has 0 radical (unpaired) electrons. The Morgan fingerprint density at radius 3 is 2.72 bits per heavy atom. The number of nitrogens with one attached hydrogen (secondary N) is 1. The van der Waals surface area contributed by atoms with Gasteiger partial charge in [-0.2, -0.15) is 4.98 Å². The third-order valence-corrected chi connectivity index (χ3v) is 3.58. The van der Waals surface area contributed by atoms with E-state index in [0.717, 1.165) is 5.56 Å². The van der Waals surface area contributed by atoms with Crippen molar-refractivity contribution in [3.05, 3.63) is 60.5 Å². The van der Waals surface area contributed by atoms with Crippen molar-refractivity contribution < 1.29 is 14.1 Å². The van der Waals surface area contributed by atoms with Crippen LogP contribution in [0.1, 0.15) is 19.7 Å². The van der Waals surface area contributed by atoms with Gasteiger partial charge < -0.3 is 14.6 Å². The Morgan fingerprint density at radius 1 is 1.20 bits per heavy atom. The molecule has 1 heterocycles. The maximum atomic E-state index is 12.3. The molecule has 0 saturated carbocycles. The van der Waals surface area contributed by atoms with Gasteiger partial charge in [0.25, 0.3) is 5.91 Å². The summed E-state index contributed by atoms with van der Waals surface area (Å²) in [6, 6.07) is 16.5. The van der Waals surface area contributed by atoms with Gasteiger partial charge in [0.15, 0.2) is 6.10 Å². The maximum Gasteiger partial charge on any atom is 0.265 e. The van der Waals surface area contributed by atoms with Crippen LogP contribution in [-0.4, -0.2) is 22.2 Å². The second-order valence-electron chi connectivity index (χ2n) is 5.51. The number of anilines is 1. The fourth-order valence-corrected chi connectivity index (χ4v) is 2.25. The van der Waals surface area contributed by atoms with E-state index in [2.05, 4.69) is 15.5 Å². The summed E-state index contributed by atoms with van der Waals surface area (Å²) in [6.07, 6.45) is 0.0560.